The van der Waals surface area contributed by atoms with E-state index in [4.69, 9.17) is 11.6 Å². The van der Waals surface area contributed by atoms with E-state index >= 15 is 0 Å². The van der Waals surface area contributed by atoms with E-state index in [-0.39, 0.29) is 0 Å². The number of nitrogens with one attached hydrogen (secondary N) is 2. The summed E-state index contributed by atoms with van der Waals surface area (Å²) >= 11 is 6.05. The highest BCUT2D eigenvalue weighted by atomic mass is 35.5. The fourth-order valence-electron chi connectivity index (χ4n) is 3.57. The van der Waals surface area contributed by atoms with E-state index in [9.17, 15) is 0 Å². The summed E-state index contributed by atoms with van der Waals surface area (Å²) in [6, 6.07) is 10.5. The van der Waals surface area contributed by atoms with E-state index in [0.717, 1.165) is 41.4 Å². The second-order valence-corrected chi connectivity index (χ2v) is 7.21. The maximum Gasteiger partial charge on any atom is 0.160 e. The zero-order valence-electron chi connectivity index (χ0n) is 14.8. The van der Waals surface area contributed by atoms with Crippen molar-refractivity contribution < 1.29 is 0 Å². The van der Waals surface area contributed by atoms with E-state index in [0.29, 0.717) is 17.1 Å². The SMILES string of the molecule is CC1CN(c2n[nH]c(-c3ccc(Cl)cc3)c2-c2ccncn2)CC(C)N1. The molecule has 4 rings (SSSR count). The van der Waals surface area contributed by atoms with E-state index in [1.165, 1.54) is 0 Å². The minimum Gasteiger partial charge on any atom is -0.351 e. The zero-order valence-corrected chi connectivity index (χ0v) is 15.5. The summed E-state index contributed by atoms with van der Waals surface area (Å²) in [7, 11) is 0. The Morgan fingerprint density at radius 3 is 2.46 bits per heavy atom. The largest absolute Gasteiger partial charge is 0.351 e. The first-order chi connectivity index (χ1) is 12.6. The standard InChI is InChI=1S/C19H21ClN6/c1-12-9-26(10-13(2)23-12)19-17(16-7-8-21-11-22-16)18(24-25-19)14-3-5-15(20)6-4-14/h3-8,11-13,23H,9-10H2,1-2H3,(H,24,25). The number of nitrogens with zero attached hydrogens (tertiary/aromatic N) is 4. The summed E-state index contributed by atoms with van der Waals surface area (Å²) in [5, 5.41) is 12.2. The molecule has 6 nitrogen and oxygen atoms in total. The average Bonchev–Trinajstić information content (AvgIpc) is 3.07. The molecular weight excluding hydrogens is 348 g/mol. The molecular formula is C19H21ClN6. The Morgan fingerprint density at radius 2 is 1.81 bits per heavy atom. The number of aromatic nitrogens is 4. The van der Waals surface area contributed by atoms with Gasteiger partial charge in [0, 0.05) is 42.0 Å². The Bertz CT molecular complexity index is 867. The lowest BCUT2D eigenvalue weighted by atomic mass is 10.0. The van der Waals surface area contributed by atoms with Crippen LogP contribution >= 0.6 is 11.6 Å². The van der Waals surface area contributed by atoms with Gasteiger partial charge in [-0.1, -0.05) is 23.7 Å². The number of hydrogen-bond donors (Lipinski definition) is 2. The van der Waals surface area contributed by atoms with Crippen LogP contribution in [0.1, 0.15) is 13.8 Å². The normalized spacial score (nSPS) is 20.3. The van der Waals surface area contributed by atoms with E-state index < -0.39 is 0 Å². The van der Waals surface area contributed by atoms with Gasteiger partial charge in [-0.2, -0.15) is 5.10 Å². The van der Waals surface area contributed by atoms with Crippen LogP contribution in [0.15, 0.2) is 42.9 Å². The van der Waals surface area contributed by atoms with Gasteiger partial charge in [0.2, 0.25) is 0 Å². The summed E-state index contributed by atoms with van der Waals surface area (Å²) in [5.74, 6) is 0.925. The number of halogens is 1. The molecule has 3 heterocycles. The molecule has 1 aliphatic heterocycles. The maximum atomic E-state index is 6.05. The molecule has 2 N–H and O–H groups in total. The van der Waals surface area contributed by atoms with Gasteiger partial charge in [0.15, 0.2) is 5.82 Å². The van der Waals surface area contributed by atoms with Gasteiger partial charge >= 0.3 is 0 Å². The molecule has 3 aromatic rings. The van der Waals surface area contributed by atoms with Gasteiger partial charge in [-0.15, -0.1) is 0 Å². The molecule has 0 saturated carbocycles. The van der Waals surface area contributed by atoms with Gasteiger partial charge in [-0.05, 0) is 32.0 Å². The number of aromatic amines is 1. The molecule has 2 atom stereocenters. The highest BCUT2D eigenvalue weighted by Gasteiger charge is 2.27. The van der Waals surface area contributed by atoms with Gasteiger partial charge in [0.05, 0.1) is 17.0 Å². The second-order valence-electron chi connectivity index (χ2n) is 6.77. The highest BCUT2D eigenvalue weighted by Crippen LogP contribution is 2.37. The monoisotopic (exact) mass is 368 g/mol. The maximum absolute atomic E-state index is 6.05. The third-order valence-electron chi connectivity index (χ3n) is 4.58. The van der Waals surface area contributed by atoms with Gasteiger partial charge < -0.3 is 10.2 Å². The second kappa shape index (κ2) is 7.05. The quantitative estimate of drug-likeness (QED) is 0.741. The molecule has 0 radical (unpaired) electrons. The lowest BCUT2D eigenvalue weighted by Crippen LogP contribution is -2.54. The molecule has 2 unspecified atom stereocenters. The Hall–Kier alpha value is -2.44. The Kier molecular flexibility index (Phi) is 4.61. The van der Waals surface area contributed by atoms with Crippen LogP contribution in [0.3, 0.4) is 0 Å². The highest BCUT2D eigenvalue weighted by molar-refractivity contribution is 6.30. The molecule has 7 heteroatoms. The average molecular weight is 369 g/mol. The number of benzene rings is 1. The molecule has 1 aliphatic rings. The molecule has 1 saturated heterocycles. The number of anilines is 1. The van der Waals surface area contributed by atoms with Crippen molar-refractivity contribution in [1.29, 1.82) is 0 Å². The Labute approximate surface area is 157 Å². The van der Waals surface area contributed by atoms with Gasteiger partial charge in [-0.25, -0.2) is 9.97 Å². The van der Waals surface area contributed by atoms with Crippen molar-refractivity contribution in [2.45, 2.75) is 25.9 Å². The van der Waals surface area contributed by atoms with Gasteiger partial charge in [0.1, 0.15) is 6.33 Å². The molecule has 1 fully saturated rings. The van der Waals surface area contributed by atoms with Crippen LogP contribution in [-0.2, 0) is 0 Å². The molecule has 1 aromatic carbocycles. The smallest absolute Gasteiger partial charge is 0.160 e. The molecule has 26 heavy (non-hydrogen) atoms. The van der Waals surface area contributed by atoms with Crippen molar-refractivity contribution in [1.82, 2.24) is 25.5 Å². The number of hydrogen-bond acceptors (Lipinski definition) is 5. The minimum atomic E-state index is 0.396. The molecule has 0 amide bonds. The van der Waals surface area contributed by atoms with Gasteiger partial charge in [0.25, 0.3) is 0 Å². The molecule has 2 aromatic heterocycles. The first-order valence-electron chi connectivity index (χ1n) is 8.73. The first-order valence-corrected chi connectivity index (χ1v) is 9.11. The topological polar surface area (TPSA) is 69.7 Å². The summed E-state index contributed by atoms with van der Waals surface area (Å²) in [5.41, 5.74) is 3.82. The van der Waals surface area contributed by atoms with Crippen molar-refractivity contribution >= 4 is 17.4 Å². The van der Waals surface area contributed by atoms with Crippen molar-refractivity contribution in [3.63, 3.8) is 0 Å². The summed E-state index contributed by atoms with van der Waals surface area (Å²) in [6.45, 7) is 6.18. The van der Waals surface area contributed by atoms with Crippen LogP contribution < -0.4 is 10.2 Å². The van der Waals surface area contributed by atoms with Crippen molar-refractivity contribution in [3.05, 3.63) is 47.9 Å². The van der Waals surface area contributed by atoms with Crippen LogP contribution in [0, 0.1) is 0 Å². The summed E-state index contributed by atoms with van der Waals surface area (Å²) < 4.78 is 0. The Balaban J connectivity index is 1.83. The third-order valence-corrected chi connectivity index (χ3v) is 4.83. The van der Waals surface area contributed by atoms with Crippen LogP contribution in [0.4, 0.5) is 5.82 Å². The third kappa shape index (κ3) is 3.30. The van der Waals surface area contributed by atoms with Crippen molar-refractivity contribution in [2.75, 3.05) is 18.0 Å². The Morgan fingerprint density at radius 1 is 1.08 bits per heavy atom. The van der Waals surface area contributed by atoms with Crippen molar-refractivity contribution in [2.24, 2.45) is 0 Å². The van der Waals surface area contributed by atoms with Gasteiger partial charge in [-0.3, -0.25) is 5.10 Å². The van der Waals surface area contributed by atoms with Crippen molar-refractivity contribution in [3.8, 4) is 22.5 Å². The predicted octanol–water partition coefficient (Wildman–Crippen LogP) is 3.37. The summed E-state index contributed by atoms with van der Waals surface area (Å²) in [6.07, 6.45) is 3.33. The molecule has 0 aliphatic carbocycles. The fraction of sp³-hybridized carbons (Fsp3) is 0.316. The lowest BCUT2D eigenvalue weighted by Gasteiger charge is -2.36. The number of H-pyrrole nitrogens is 1. The zero-order chi connectivity index (χ0) is 18.1. The molecule has 0 spiro atoms. The van der Waals surface area contributed by atoms with Crippen LogP contribution in [0.2, 0.25) is 5.02 Å². The predicted molar refractivity (Wildman–Crippen MR) is 104 cm³/mol. The summed E-state index contributed by atoms with van der Waals surface area (Å²) in [4.78, 5) is 10.9. The fourth-order valence-corrected chi connectivity index (χ4v) is 3.69. The van der Waals surface area contributed by atoms with E-state index in [2.05, 4.69) is 44.2 Å². The van der Waals surface area contributed by atoms with Crippen LogP contribution in [0.25, 0.3) is 22.5 Å². The number of piperazine rings is 1. The molecule has 0 bridgehead atoms. The first kappa shape index (κ1) is 17.0. The minimum absolute atomic E-state index is 0.396. The van der Waals surface area contributed by atoms with Crippen LogP contribution in [0.5, 0.6) is 0 Å². The molecule has 134 valence electrons. The van der Waals surface area contributed by atoms with E-state index in [1.807, 2.05) is 30.3 Å². The lowest BCUT2D eigenvalue weighted by molar-refractivity contribution is 0.405. The van der Waals surface area contributed by atoms with E-state index in [1.54, 1.807) is 12.5 Å². The number of rotatable bonds is 3. The van der Waals surface area contributed by atoms with Crippen LogP contribution in [-0.4, -0.2) is 45.3 Å².